The van der Waals surface area contributed by atoms with Crippen LogP contribution in [0.2, 0.25) is 0 Å². The van der Waals surface area contributed by atoms with Crippen molar-refractivity contribution < 1.29 is 14.5 Å². The molecule has 1 aromatic carbocycles. The van der Waals surface area contributed by atoms with Gasteiger partial charge in [0.2, 0.25) is 0 Å². The maximum atomic E-state index is 12.6. The van der Waals surface area contributed by atoms with E-state index in [4.69, 9.17) is 10.5 Å². The molecule has 0 radical (unpaired) electrons. The fourth-order valence-corrected chi connectivity index (χ4v) is 2.77. The van der Waals surface area contributed by atoms with Gasteiger partial charge in [0.15, 0.2) is 5.75 Å². The Balaban J connectivity index is 2.20. The van der Waals surface area contributed by atoms with Gasteiger partial charge in [-0.15, -0.1) is 0 Å². The lowest BCUT2D eigenvalue weighted by atomic mass is 9.92. The number of methoxy groups -OCH3 is 1. The predicted octanol–water partition coefficient (Wildman–Crippen LogP) is 1.80. The molecular formula is C15H21N3O4. The number of nitro benzene ring substituents is 1. The maximum absolute atomic E-state index is 12.6. The second kappa shape index (κ2) is 6.74. The predicted molar refractivity (Wildman–Crippen MR) is 81.9 cm³/mol. The van der Waals surface area contributed by atoms with Crippen LogP contribution >= 0.6 is 0 Å². The van der Waals surface area contributed by atoms with E-state index in [1.807, 2.05) is 6.92 Å². The molecular weight excluding hydrogens is 286 g/mol. The average Bonchev–Trinajstić information content (AvgIpc) is 2.53. The molecule has 0 spiro atoms. The normalized spacial score (nSPS) is 19.6. The van der Waals surface area contributed by atoms with Crippen molar-refractivity contribution in [2.75, 3.05) is 20.2 Å². The number of nitro groups is 1. The van der Waals surface area contributed by atoms with E-state index in [0.717, 1.165) is 12.8 Å². The van der Waals surface area contributed by atoms with E-state index in [9.17, 15) is 14.9 Å². The molecule has 7 nitrogen and oxygen atoms in total. The minimum absolute atomic E-state index is 0.0435. The lowest BCUT2D eigenvalue weighted by molar-refractivity contribution is -0.385. The van der Waals surface area contributed by atoms with E-state index >= 15 is 0 Å². The molecule has 1 aliphatic rings. The summed E-state index contributed by atoms with van der Waals surface area (Å²) in [6.45, 7) is 3.25. The van der Waals surface area contributed by atoms with Crippen molar-refractivity contribution in [1.82, 2.24) is 4.90 Å². The van der Waals surface area contributed by atoms with Gasteiger partial charge in [0.05, 0.1) is 12.0 Å². The molecule has 0 saturated carbocycles. The van der Waals surface area contributed by atoms with Gasteiger partial charge in [-0.25, -0.2) is 0 Å². The van der Waals surface area contributed by atoms with Crippen molar-refractivity contribution in [3.05, 3.63) is 33.9 Å². The number of carbonyl (C=O) groups is 1. The highest BCUT2D eigenvalue weighted by Gasteiger charge is 2.27. The summed E-state index contributed by atoms with van der Waals surface area (Å²) in [6.07, 6.45) is 1.94. The van der Waals surface area contributed by atoms with Crippen molar-refractivity contribution in [3.8, 4) is 5.75 Å². The number of piperidine rings is 1. The van der Waals surface area contributed by atoms with Gasteiger partial charge in [-0.1, -0.05) is 0 Å². The number of ether oxygens (including phenoxy) is 1. The molecule has 120 valence electrons. The van der Waals surface area contributed by atoms with E-state index in [-0.39, 0.29) is 29.3 Å². The molecule has 1 aliphatic heterocycles. The van der Waals surface area contributed by atoms with E-state index in [2.05, 4.69) is 0 Å². The van der Waals surface area contributed by atoms with E-state index in [1.54, 1.807) is 4.90 Å². The van der Waals surface area contributed by atoms with Crippen molar-refractivity contribution in [1.29, 1.82) is 0 Å². The standard InChI is InChI=1S/C15H21N3O4/c1-10(16)12-4-3-7-17(9-12)15(19)11-5-6-13(18(20)21)14(8-11)22-2/h5-6,8,10,12H,3-4,7,9,16H2,1-2H3. The molecule has 0 aliphatic carbocycles. The van der Waals surface area contributed by atoms with Crippen LogP contribution in [0.4, 0.5) is 5.69 Å². The van der Waals surface area contributed by atoms with Gasteiger partial charge in [0.25, 0.3) is 5.91 Å². The van der Waals surface area contributed by atoms with Crippen LogP contribution in [0.15, 0.2) is 18.2 Å². The fraction of sp³-hybridized carbons (Fsp3) is 0.533. The number of rotatable bonds is 4. The molecule has 1 fully saturated rings. The van der Waals surface area contributed by atoms with Gasteiger partial charge in [0, 0.05) is 36.8 Å². The summed E-state index contributed by atoms with van der Waals surface area (Å²) >= 11 is 0. The van der Waals surface area contributed by atoms with Gasteiger partial charge in [0.1, 0.15) is 0 Å². The zero-order valence-electron chi connectivity index (χ0n) is 12.8. The Labute approximate surface area is 129 Å². The number of nitrogens with zero attached hydrogens (tertiary/aromatic N) is 2. The summed E-state index contributed by atoms with van der Waals surface area (Å²) in [7, 11) is 1.35. The molecule has 0 aromatic heterocycles. The lowest BCUT2D eigenvalue weighted by Crippen LogP contribution is -2.45. The van der Waals surface area contributed by atoms with Crippen LogP contribution in [0.3, 0.4) is 0 Å². The zero-order valence-corrected chi connectivity index (χ0v) is 12.8. The molecule has 2 rings (SSSR count). The second-order valence-corrected chi connectivity index (χ2v) is 5.66. The molecule has 2 atom stereocenters. The lowest BCUT2D eigenvalue weighted by Gasteiger charge is -2.34. The molecule has 1 amide bonds. The third-order valence-corrected chi connectivity index (χ3v) is 4.11. The Morgan fingerprint density at radius 2 is 2.27 bits per heavy atom. The average molecular weight is 307 g/mol. The molecule has 2 unspecified atom stereocenters. The second-order valence-electron chi connectivity index (χ2n) is 5.66. The van der Waals surface area contributed by atoms with Gasteiger partial charge in [-0.3, -0.25) is 14.9 Å². The number of likely N-dealkylation sites (tertiary alicyclic amines) is 1. The van der Waals surface area contributed by atoms with Gasteiger partial charge in [-0.2, -0.15) is 0 Å². The van der Waals surface area contributed by atoms with E-state index < -0.39 is 4.92 Å². The van der Waals surface area contributed by atoms with Gasteiger partial charge >= 0.3 is 5.69 Å². The van der Waals surface area contributed by atoms with Crippen molar-refractivity contribution in [2.45, 2.75) is 25.8 Å². The van der Waals surface area contributed by atoms with Crippen LogP contribution in [-0.2, 0) is 0 Å². The van der Waals surface area contributed by atoms with Crippen molar-refractivity contribution in [3.63, 3.8) is 0 Å². The smallest absolute Gasteiger partial charge is 0.310 e. The first-order valence-electron chi connectivity index (χ1n) is 7.31. The third-order valence-electron chi connectivity index (χ3n) is 4.11. The van der Waals surface area contributed by atoms with Gasteiger partial charge < -0.3 is 15.4 Å². The molecule has 2 N–H and O–H groups in total. The minimum Gasteiger partial charge on any atom is -0.490 e. The molecule has 1 saturated heterocycles. The summed E-state index contributed by atoms with van der Waals surface area (Å²) in [5.41, 5.74) is 6.18. The third kappa shape index (κ3) is 3.36. The summed E-state index contributed by atoms with van der Waals surface area (Å²) in [5, 5.41) is 10.9. The number of nitrogens with two attached hydrogens (primary N) is 1. The molecule has 0 bridgehead atoms. The van der Waals surface area contributed by atoms with Gasteiger partial charge in [-0.05, 0) is 31.7 Å². The maximum Gasteiger partial charge on any atom is 0.310 e. The quantitative estimate of drug-likeness (QED) is 0.675. The molecule has 7 heteroatoms. The Kier molecular flexibility index (Phi) is 4.97. The van der Waals surface area contributed by atoms with Crippen LogP contribution in [0.1, 0.15) is 30.1 Å². The topological polar surface area (TPSA) is 98.7 Å². The first-order chi connectivity index (χ1) is 10.4. The highest BCUT2D eigenvalue weighted by atomic mass is 16.6. The highest BCUT2D eigenvalue weighted by Crippen LogP contribution is 2.29. The summed E-state index contributed by atoms with van der Waals surface area (Å²) in [6, 6.07) is 4.25. The van der Waals surface area contributed by atoms with Crippen molar-refractivity contribution in [2.24, 2.45) is 11.7 Å². The first-order valence-corrected chi connectivity index (χ1v) is 7.31. The molecule has 1 heterocycles. The minimum atomic E-state index is -0.528. The zero-order chi connectivity index (χ0) is 16.3. The number of hydrogen-bond donors (Lipinski definition) is 1. The summed E-state index contributed by atoms with van der Waals surface area (Å²) < 4.78 is 5.01. The monoisotopic (exact) mass is 307 g/mol. The Morgan fingerprint density at radius 3 is 2.86 bits per heavy atom. The van der Waals surface area contributed by atoms with E-state index in [1.165, 1.54) is 25.3 Å². The highest BCUT2D eigenvalue weighted by molar-refractivity contribution is 5.95. The summed E-state index contributed by atoms with van der Waals surface area (Å²) in [4.78, 5) is 24.7. The SMILES string of the molecule is COc1cc(C(=O)N2CCCC(C(C)N)C2)ccc1[N+](=O)[O-]. The van der Waals surface area contributed by atoms with Crippen LogP contribution in [0.5, 0.6) is 5.75 Å². The van der Waals surface area contributed by atoms with Crippen LogP contribution in [0.25, 0.3) is 0 Å². The largest absolute Gasteiger partial charge is 0.490 e. The fourth-order valence-electron chi connectivity index (χ4n) is 2.77. The Bertz CT molecular complexity index is 574. The van der Waals surface area contributed by atoms with Crippen molar-refractivity contribution >= 4 is 11.6 Å². The first kappa shape index (κ1) is 16.2. The van der Waals surface area contributed by atoms with Crippen LogP contribution in [-0.4, -0.2) is 42.0 Å². The Morgan fingerprint density at radius 1 is 1.55 bits per heavy atom. The number of benzene rings is 1. The number of carbonyl (C=O) groups excluding carboxylic acids is 1. The van der Waals surface area contributed by atoms with E-state index in [0.29, 0.717) is 18.7 Å². The summed E-state index contributed by atoms with van der Waals surface area (Å²) in [5.74, 6) is 0.243. The van der Waals surface area contributed by atoms with Crippen LogP contribution < -0.4 is 10.5 Å². The van der Waals surface area contributed by atoms with Crippen LogP contribution in [0, 0.1) is 16.0 Å². The number of amides is 1. The molecule has 1 aromatic rings. The number of hydrogen-bond acceptors (Lipinski definition) is 5. The molecule has 22 heavy (non-hydrogen) atoms. The Hall–Kier alpha value is -2.15.